The van der Waals surface area contributed by atoms with Crippen molar-refractivity contribution in [2.45, 2.75) is 32.5 Å². The minimum atomic E-state index is -4.71. The lowest BCUT2D eigenvalue weighted by atomic mass is 9.99. The first kappa shape index (κ1) is 13.6. The summed E-state index contributed by atoms with van der Waals surface area (Å²) in [6, 6.07) is -0.388. The number of hydrogen-bond donors (Lipinski definition) is 1. The molecule has 1 N–H and O–H groups in total. The highest BCUT2D eigenvalue weighted by atomic mass is 19.4. The summed E-state index contributed by atoms with van der Waals surface area (Å²) in [5, 5.41) is 2.23. The van der Waals surface area contributed by atoms with E-state index in [0.717, 1.165) is 4.57 Å². The maximum Gasteiger partial charge on any atom is 0.433 e. The van der Waals surface area contributed by atoms with Crippen LogP contribution in [0.5, 0.6) is 0 Å². The van der Waals surface area contributed by atoms with Gasteiger partial charge in [0.25, 0.3) is 5.56 Å². The maximum absolute atomic E-state index is 12.5. The largest absolute Gasteiger partial charge is 0.433 e. The van der Waals surface area contributed by atoms with Crippen LogP contribution in [-0.2, 0) is 11.0 Å². The van der Waals surface area contributed by atoms with Gasteiger partial charge in [-0.15, -0.1) is 0 Å². The van der Waals surface area contributed by atoms with Crippen LogP contribution in [0.1, 0.15) is 32.0 Å². The molecule has 19 heavy (non-hydrogen) atoms. The fourth-order valence-corrected chi connectivity index (χ4v) is 2.03. The zero-order chi connectivity index (χ0) is 14.4. The quantitative estimate of drug-likeness (QED) is 0.895. The van der Waals surface area contributed by atoms with Crippen LogP contribution >= 0.6 is 0 Å². The van der Waals surface area contributed by atoms with Crippen LogP contribution in [0.4, 0.5) is 19.1 Å². The number of halogens is 3. The third kappa shape index (κ3) is 2.22. The highest BCUT2D eigenvalue weighted by Crippen LogP contribution is 2.32. The average molecular weight is 275 g/mol. The number of carbonyl (C=O) groups is 1. The topological polar surface area (TPSA) is 64.0 Å². The second kappa shape index (κ2) is 4.36. The Kier molecular flexibility index (Phi) is 3.11. The summed E-state index contributed by atoms with van der Waals surface area (Å²) in [5.41, 5.74) is -2.17. The summed E-state index contributed by atoms with van der Waals surface area (Å²) in [4.78, 5) is 26.8. The van der Waals surface area contributed by atoms with E-state index in [1.165, 1.54) is 0 Å². The van der Waals surface area contributed by atoms with Crippen LogP contribution in [0.15, 0.2) is 10.9 Å². The van der Waals surface area contributed by atoms with Gasteiger partial charge in [-0.3, -0.25) is 19.5 Å². The highest BCUT2D eigenvalue weighted by Gasteiger charge is 2.39. The van der Waals surface area contributed by atoms with E-state index >= 15 is 0 Å². The molecule has 1 aliphatic heterocycles. The van der Waals surface area contributed by atoms with Gasteiger partial charge < -0.3 is 0 Å². The molecular weight excluding hydrogens is 263 g/mol. The zero-order valence-electron chi connectivity index (χ0n) is 10.3. The molecule has 8 heteroatoms. The maximum atomic E-state index is 12.5. The van der Waals surface area contributed by atoms with Crippen molar-refractivity contribution in [1.29, 1.82) is 0 Å². The van der Waals surface area contributed by atoms with Crippen molar-refractivity contribution in [2.24, 2.45) is 5.92 Å². The van der Waals surface area contributed by atoms with Crippen LogP contribution in [0.3, 0.4) is 0 Å². The smallest absolute Gasteiger partial charge is 0.294 e. The Morgan fingerprint density at radius 3 is 2.63 bits per heavy atom. The molecule has 1 aromatic heterocycles. The molecule has 2 atom stereocenters. The summed E-state index contributed by atoms with van der Waals surface area (Å²) >= 11 is 0. The van der Waals surface area contributed by atoms with Crippen molar-refractivity contribution in [3.63, 3.8) is 0 Å². The predicted molar refractivity (Wildman–Crippen MR) is 60.6 cm³/mol. The lowest BCUT2D eigenvalue weighted by molar-refractivity contribution is -0.141. The molecule has 1 amide bonds. The highest BCUT2D eigenvalue weighted by molar-refractivity contribution is 5.96. The van der Waals surface area contributed by atoms with Crippen molar-refractivity contribution < 1.29 is 18.0 Å². The van der Waals surface area contributed by atoms with E-state index < -0.39 is 29.4 Å². The SMILES string of the molecule is CCC(C)C1C(=O)Nc2nc(C(F)(F)F)cc(=O)n21. The van der Waals surface area contributed by atoms with Crippen molar-refractivity contribution in [3.8, 4) is 0 Å². The minimum Gasteiger partial charge on any atom is -0.294 e. The van der Waals surface area contributed by atoms with Crippen LogP contribution in [0.25, 0.3) is 0 Å². The Morgan fingerprint density at radius 2 is 2.11 bits per heavy atom. The van der Waals surface area contributed by atoms with Gasteiger partial charge in [-0.1, -0.05) is 20.3 Å². The van der Waals surface area contributed by atoms with Crippen LogP contribution < -0.4 is 10.9 Å². The predicted octanol–water partition coefficient (Wildman–Crippen LogP) is 1.80. The third-order valence-electron chi connectivity index (χ3n) is 3.21. The summed E-state index contributed by atoms with van der Waals surface area (Å²) < 4.78 is 38.6. The number of nitrogens with zero attached hydrogens (tertiary/aromatic N) is 2. The van der Waals surface area contributed by atoms with E-state index in [1.54, 1.807) is 6.92 Å². The second-order valence-electron chi connectivity index (χ2n) is 4.49. The number of anilines is 1. The lowest BCUT2D eigenvalue weighted by Gasteiger charge is -2.17. The molecule has 0 fully saturated rings. The van der Waals surface area contributed by atoms with Gasteiger partial charge in [-0.05, 0) is 5.92 Å². The molecule has 1 aliphatic rings. The Morgan fingerprint density at radius 1 is 1.47 bits per heavy atom. The molecule has 1 aromatic rings. The number of alkyl halides is 3. The molecule has 0 saturated carbocycles. The third-order valence-corrected chi connectivity index (χ3v) is 3.21. The normalized spacial score (nSPS) is 20.1. The number of nitrogens with one attached hydrogen (secondary N) is 1. The molecule has 0 aliphatic carbocycles. The Bertz CT molecular complexity index is 580. The monoisotopic (exact) mass is 275 g/mol. The van der Waals surface area contributed by atoms with E-state index in [4.69, 9.17) is 0 Å². The van der Waals surface area contributed by atoms with Crippen molar-refractivity contribution in [3.05, 3.63) is 22.1 Å². The van der Waals surface area contributed by atoms with Crippen molar-refractivity contribution in [2.75, 3.05) is 5.32 Å². The number of amides is 1. The number of carbonyl (C=O) groups excluding carboxylic acids is 1. The molecule has 2 unspecified atom stereocenters. The second-order valence-corrected chi connectivity index (χ2v) is 4.49. The van der Waals surface area contributed by atoms with Crippen molar-refractivity contribution >= 4 is 11.9 Å². The van der Waals surface area contributed by atoms with Gasteiger partial charge in [0, 0.05) is 6.07 Å². The van der Waals surface area contributed by atoms with Crippen LogP contribution in [-0.4, -0.2) is 15.5 Å². The Hall–Kier alpha value is -1.86. The van der Waals surface area contributed by atoms with Gasteiger partial charge in [0.1, 0.15) is 6.04 Å². The lowest BCUT2D eigenvalue weighted by Crippen LogP contribution is -2.30. The summed E-state index contributed by atoms with van der Waals surface area (Å²) in [7, 11) is 0. The number of rotatable bonds is 2. The van der Waals surface area contributed by atoms with Gasteiger partial charge in [-0.25, -0.2) is 4.98 Å². The number of aromatic nitrogens is 2. The fourth-order valence-electron chi connectivity index (χ4n) is 2.03. The van der Waals surface area contributed by atoms with E-state index in [2.05, 4.69) is 10.3 Å². The van der Waals surface area contributed by atoms with Gasteiger partial charge in [0.05, 0.1) is 0 Å². The molecule has 5 nitrogen and oxygen atoms in total. The molecule has 104 valence electrons. The molecule has 0 aromatic carbocycles. The fraction of sp³-hybridized carbons (Fsp3) is 0.545. The van der Waals surface area contributed by atoms with Gasteiger partial charge >= 0.3 is 6.18 Å². The van der Waals surface area contributed by atoms with E-state index in [9.17, 15) is 22.8 Å². The Labute approximate surface area is 106 Å². The molecule has 2 heterocycles. The van der Waals surface area contributed by atoms with E-state index in [0.29, 0.717) is 12.5 Å². The standard InChI is InChI=1S/C11H12F3N3O2/c1-3-5(2)8-9(19)16-10-15-6(11(12,13)14)4-7(18)17(8)10/h4-5,8H,3H2,1-2H3,(H,15,16,19). The molecule has 0 radical (unpaired) electrons. The van der Waals surface area contributed by atoms with Gasteiger partial charge in [0.2, 0.25) is 11.9 Å². The van der Waals surface area contributed by atoms with Crippen molar-refractivity contribution in [1.82, 2.24) is 9.55 Å². The van der Waals surface area contributed by atoms with Crippen LogP contribution in [0, 0.1) is 5.92 Å². The average Bonchev–Trinajstić information content (AvgIpc) is 2.63. The number of fused-ring (bicyclic) bond motifs is 1. The molecular formula is C11H12F3N3O2. The van der Waals surface area contributed by atoms with Gasteiger partial charge in [0.15, 0.2) is 5.69 Å². The summed E-state index contributed by atoms with van der Waals surface area (Å²) in [5.74, 6) is -1.01. The molecule has 0 saturated heterocycles. The Balaban J connectivity index is 2.57. The van der Waals surface area contributed by atoms with Crippen LogP contribution in [0.2, 0.25) is 0 Å². The van der Waals surface area contributed by atoms with E-state index in [1.807, 2.05) is 6.92 Å². The molecule has 0 bridgehead atoms. The minimum absolute atomic E-state index is 0.169. The summed E-state index contributed by atoms with van der Waals surface area (Å²) in [6.45, 7) is 3.59. The first-order chi connectivity index (χ1) is 8.75. The first-order valence-electron chi connectivity index (χ1n) is 5.77. The summed E-state index contributed by atoms with van der Waals surface area (Å²) in [6.07, 6.45) is -4.10. The zero-order valence-corrected chi connectivity index (χ0v) is 10.3. The molecule has 2 rings (SSSR count). The number of hydrogen-bond acceptors (Lipinski definition) is 3. The van der Waals surface area contributed by atoms with Gasteiger partial charge in [-0.2, -0.15) is 13.2 Å². The van der Waals surface area contributed by atoms with E-state index in [-0.39, 0.29) is 11.9 Å². The first-order valence-corrected chi connectivity index (χ1v) is 5.77. The molecule has 0 spiro atoms.